The van der Waals surface area contributed by atoms with Gasteiger partial charge in [0, 0.05) is 46.6 Å². The fraction of sp³-hybridized carbons (Fsp3) is 0.609. The first-order valence-corrected chi connectivity index (χ1v) is 10.9. The number of phenols is 1. The quantitative estimate of drug-likeness (QED) is 0.343. The molecular formula is C23H40N2O10. The van der Waals surface area contributed by atoms with E-state index in [2.05, 4.69) is 0 Å². The molecule has 35 heavy (non-hydrogen) atoms. The van der Waals surface area contributed by atoms with E-state index in [0.29, 0.717) is 32.7 Å². The Morgan fingerprint density at radius 1 is 1.06 bits per heavy atom. The Morgan fingerprint density at radius 2 is 1.51 bits per heavy atom. The second kappa shape index (κ2) is 20.4. The predicted octanol–water partition coefficient (Wildman–Crippen LogP) is 0.513. The van der Waals surface area contributed by atoms with E-state index in [1.807, 2.05) is 13.8 Å². The lowest BCUT2D eigenvalue weighted by atomic mass is 10.1. The standard InChI is InChI=1S/C16H24N2O4.C5H10O3.CH2O2.CH4O/c1-12(2)15(20)17(3)9-10-18(4)16(21)22-11-13-5-7-14(19)8-6-13;6-4-1-5(7)3-8-2-4;2-1-3;1-2/h5-8,12,19H,9-11H2,1-4H3;4-7H,1-3H2;1H,(H,2,3);2H,1H3. The van der Waals surface area contributed by atoms with E-state index in [4.69, 9.17) is 34.7 Å². The predicted molar refractivity (Wildman–Crippen MR) is 128 cm³/mol. The van der Waals surface area contributed by atoms with Crippen LogP contribution in [0.5, 0.6) is 5.75 Å². The van der Waals surface area contributed by atoms with Crippen molar-refractivity contribution in [3.8, 4) is 5.75 Å². The van der Waals surface area contributed by atoms with Crippen LogP contribution in [0.4, 0.5) is 4.79 Å². The average Bonchev–Trinajstić information content (AvgIpc) is 2.83. The third-order valence-electron chi connectivity index (χ3n) is 4.42. The van der Waals surface area contributed by atoms with Crippen LogP contribution in [-0.2, 0) is 25.7 Å². The zero-order valence-electron chi connectivity index (χ0n) is 21.0. The summed E-state index contributed by atoms with van der Waals surface area (Å²) >= 11 is 0. The molecule has 2 amide bonds. The Kier molecular flexibility index (Phi) is 20.0. The van der Waals surface area contributed by atoms with Crippen molar-refractivity contribution >= 4 is 18.5 Å². The molecule has 1 saturated heterocycles. The summed E-state index contributed by atoms with van der Waals surface area (Å²) in [5.74, 6) is 0.160. The number of likely N-dealkylation sites (N-methyl/N-ethyl adjacent to an activating group) is 2. The maximum Gasteiger partial charge on any atom is 0.409 e. The molecule has 0 aromatic heterocycles. The van der Waals surface area contributed by atoms with Gasteiger partial charge in [-0.25, -0.2) is 4.79 Å². The summed E-state index contributed by atoms with van der Waals surface area (Å²) in [6.45, 7) is 5.19. The summed E-state index contributed by atoms with van der Waals surface area (Å²) < 4.78 is 9.97. The molecule has 202 valence electrons. The second-order valence-corrected chi connectivity index (χ2v) is 7.74. The van der Waals surface area contributed by atoms with Crippen molar-refractivity contribution in [1.82, 2.24) is 9.80 Å². The van der Waals surface area contributed by atoms with E-state index in [1.54, 1.807) is 43.3 Å². The van der Waals surface area contributed by atoms with Crippen LogP contribution in [0.3, 0.4) is 0 Å². The van der Waals surface area contributed by atoms with Crippen LogP contribution < -0.4 is 0 Å². The summed E-state index contributed by atoms with van der Waals surface area (Å²) in [6.07, 6.45) is -0.907. The Morgan fingerprint density at radius 3 is 1.91 bits per heavy atom. The van der Waals surface area contributed by atoms with Gasteiger partial charge >= 0.3 is 6.09 Å². The van der Waals surface area contributed by atoms with Gasteiger partial charge in [-0.2, -0.15) is 0 Å². The first kappa shape index (κ1) is 34.2. The lowest BCUT2D eigenvalue weighted by molar-refractivity contribution is -0.133. The highest BCUT2D eigenvalue weighted by atomic mass is 16.6. The Bertz CT molecular complexity index is 692. The van der Waals surface area contributed by atoms with Gasteiger partial charge in [0.25, 0.3) is 6.47 Å². The maximum atomic E-state index is 11.9. The smallest absolute Gasteiger partial charge is 0.409 e. The molecule has 1 aromatic rings. The summed E-state index contributed by atoms with van der Waals surface area (Å²) in [4.78, 5) is 35.0. The van der Waals surface area contributed by atoms with Crippen molar-refractivity contribution in [2.45, 2.75) is 39.1 Å². The first-order chi connectivity index (χ1) is 16.5. The largest absolute Gasteiger partial charge is 0.508 e. The van der Waals surface area contributed by atoms with Crippen LogP contribution in [0, 0.1) is 5.92 Å². The number of rotatable bonds is 6. The van der Waals surface area contributed by atoms with Gasteiger partial charge < -0.3 is 44.8 Å². The number of hydrogen-bond acceptors (Lipinski definition) is 9. The van der Waals surface area contributed by atoms with E-state index >= 15 is 0 Å². The summed E-state index contributed by atoms with van der Waals surface area (Å²) in [5, 5.41) is 40.7. The molecule has 2 rings (SSSR count). The van der Waals surface area contributed by atoms with E-state index in [-0.39, 0.29) is 30.7 Å². The Labute approximate surface area is 206 Å². The fourth-order valence-electron chi connectivity index (χ4n) is 2.58. The molecule has 12 nitrogen and oxygen atoms in total. The monoisotopic (exact) mass is 504 g/mol. The van der Waals surface area contributed by atoms with Gasteiger partial charge in [-0.05, 0) is 17.7 Å². The molecule has 2 atom stereocenters. The minimum Gasteiger partial charge on any atom is -0.508 e. The average molecular weight is 505 g/mol. The van der Waals surface area contributed by atoms with Gasteiger partial charge in [0.2, 0.25) is 5.91 Å². The lowest BCUT2D eigenvalue weighted by Gasteiger charge is -2.23. The normalized spacial score (nSPS) is 16.1. The molecule has 1 heterocycles. The third kappa shape index (κ3) is 17.2. The zero-order chi connectivity index (χ0) is 27.4. The van der Waals surface area contributed by atoms with E-state index in [1.165, 1.54) is 4.90 Å². The molecule has 1 fully saturated rings. The van der Waals surface area contributed by atoms with Crippen molar-refractivity contribution in [3.05, 3.63) is 29.8 Å². The molecule has 12 heteroatoms. The minimum atomic E-state index is -0.459. The summed E-state index contributed by atoms with van der Waals surface area (Å²) in [7, 11) is 4.35. The van der Waals surface area contributed by atoms with Crippen LogP contribution in [0.15, 0.2) is 24.3 Å². The lowest BCUT2D eigenvalue weighted by Crippen LogP contribution is -2.39. The number of carbonyl (C=O) groups excluding carboxylic acids is 2. The molecule has 0 bridgehead atoms. The maximum absolute atomic E-state index is 11.9. The van der Waals surface area contributed by atoms with Crippen molar-refractivity contribution in [2.75, 3.05) is 47.5 Å². The van der Waals surface area contributed by atoms with Crippen molar-refractivity contribution in [2.24, 2.45) is 5.92 Å². The van der Waals surface area contributed by atoms with Gasteiger partial charge in [-0.3, -0.25) is 9.59 Å². The topological polar surface area (TPSA) is 177 Å². The Balaban J connectivity index is 0. The molecule has 0 spiro atoms. The first-order valence-electron chi connectivity index (χ1n) is 10.9. The van der Waals surface area contributed by atoms with Crippen LogP contribution >= 0.6 is 0 Å². The highest BCUT2D eigenvalue weighted by molar-refractivity contribution is 5.77. The number of hydrogen-bond donors (Lipinski definition) is 5. The molecule has 0 radical (unpaired) electrons. The number of carbonyl (C=O) groups is 3. The molecule has 0 saturated carbocycles. The summed E-state index contributed by atoms with van der Waals surface area (Å²) in [5.41, 5.74) is 0.798. The molecule has 1 aliphatic rings. The van der Waals surface area contributed by atoms with Crippen molar-refractivity contribution < 1.29 is 49.4 Å². The fourth-order valence-corrected chi connectivity index (χ4v) is 2.58. The van der Waals surface area contributed by atoms with Gasteiger partial charge in [0.15, 0.2) is 0 Å². The number of ether oxygens (including phenoxy) is 2. The van der Waals surface area contributed by atoms with Crippen LogP contribution in [0.2, 0.25) is 0 Å². The summed E-state index contributed by atoms with van der Waals surface area (Å²) in [6, 6.07) is 6.47. The molecule has 0 aliphatic carbocycles. The third-order valence-corrected chi connectivity index (χ3v) is 4.42. The highest BCUT2D eigenvalue weighted by Gasteiger charge is 2.17. The molecule has 2 unspecified atom stereocenters. The molecular weight excluding hydrogens is 464 g/mol. The number of phenolic OH excluding ortho intramolecular Hbond substituents is 1. The Hall–Kier alpha value is -2.93. The second-order valence-electron chi connectivity index (χ2n) is 7.74. The number of aliphatic hydroxyl groups is 3. The minimum absolute atomic E-state index is 0.0471. The van der Waals surface area contributed by atoms with Gasteiger partial charge in [-0.1, -0.05) is 26.0 Å². The van der Waals surface area contributed by atoms with Crippen LogP contribution in [0.25, 0.3) is 0 Å². The van der Waals surface area contributed by atoms with Crippen LogP contribution in [0.1, 0.15) is 25.8 Å². The number of carboxylic acid groups (broad SMARTS) is 1. The number of aliphatic hydroxyl groups excluding tert-OH is 3. The zero-order valence-corrected chi connectivity index (χ0v) is 21.0. The number of nitrogens with zero attached hydrogens (tertiary/aromatic N) is 2. The van der Waals surface area contributed by atoms with E-state index < -0.39 is 18.3 Å². The van der Waals surface area contributed by atoms with Gasteiger partial charge in [0.05, 0.1) is 25.4 Å². The van der Waals surface area contributed by atoms with Gasteiger partial charge in [0.1, 0.15) is 12.4 Å². The number of amides is 2. The molecule has 1 aliphatic heterocycles. The molecule has 5 N–H and O–H groups in total. The SMILES string of the molecule is CC(C)C(=O)N(C)CCN(C)C(=O)OCc1ccc(O)cc1.CO.O=CO.OC1COCC(O)C1. The number of aromatic hydroxyl groups is 1. The number of benzene rings is 1. The van der Waals surface area contributed by atoms with Crippen molar-refractivity contribution in [3.63, 3.8) is 0 Å². The van der Waals surface area contributed by atoms with E-state index in [9.17, 15) is 14.7 Å². The van der Waals surface area contributed by atoms with E-state index in [0.717, 1.165) is 12.7 Å². The molecule has 1 aromatic carbocycles. The van der Waals surface area contributed by atoms with Crippen molar-refractivity contribution in [1.29, 1.82) is 0 Å². The highest BCUT2D eigenvalue weighted by Crippen LogP contribution is 2.11. The van der Waals surface area contributed by atoms with Gasteiger partial charge in [-0.15, -0.1) is 0 Å². The van der Waals surface area contributed by atoms with Crippen LogP contribution in [-0.4, -0.2) is 114 Å².